The quantitative estimate of drug-likeness (QED) is 0.693. The molecule has 0 unspecified atom stereocenters. The molecule has 1 amide bonds. The molecule has 0 aromatic heterocycles. The van der Waals surface area contributed by atoms with Gasteiger partial charge < -0.3 is 10.1 Å². The highest BCUT2D eigenvalue weighted by molar-refractivity contribution is 9.10. The Balaban J connectivity index is 1.84. The Bertz CT molecular complexity index is 780. The molecule has 2 rings (SSSR count). The van der Waals surface area contributed by atoms with Gasteiger partial charge in [-0.25, -0.2) is 0 Å². The van der Waals surface area contributed by atoms with Gasteiger partial charge in [-0.2, -0.15) is 0 Å². The van der Waals surface area contributed by atoms with E-state index in [0.29, 0.717) is 21.3 Å². The molecule has 0 spiro atoms. The van der Waals surface area contributed by atoms with Gasteiger partial charge in [0.2, 0.25) is 0 Å². The molecule has 2 aromatic carbocycles. The second kappa shape index (κ2) is 8.51. The molecule has 24 heavy (non-hydrogen) atoms. The van der Waals surface area contributed by atoms with E-state index in [2.05, 4.69) is 21.2 Å². The molecule has 0 aliphatic heterocycles. The topological polar surface area (TPSA) is 55.4 Å². The fourth-order valence-corrected chi connectivity index (χ4v) is 2.83. The van der Waals surface area contributed by atoms with Crippen molar-refractivity contribution in [2.45, 2.75) is 13.3 Å². The zero-order chi connectivity index (χ0) is 17.7. The van der Waals surface area contributed by atoms with Gasteiger partial charge in [-0.05, 0) is 58.2 Å². The maximum atomic E-state index is 11.9. The maximum Gasteiger partial charge on any atom is 0.310 e. The van der Waals surface area contributed by atoms with Crippen LogP contribution in [0.2, 0.25) is 10.0 Å². The van der Waals surface area contributed by atoms with Crippen LogP contribution in [0.5, 0.6) is 0 Å². The number of esters is 1. The summed E-state index contributed by atoms with van der Waals surface area (Å²) in [7, 11) is 0. The van der Waals surface area contributed by atoms with E-state index in [1.165, 1.54) is 0 Å². The molecule has 2 aromatic rings. The Hall–Kier alpha value is -1.56. The summed E-state index contributed by atoms with van der Waals surface area (Å²) in [6.07, 6.45) is 0.0123. The first-order chi connectivity index (χ1) is 11.3. The fourth-order valence-electron chi connectivity index (χ4n) is 1.92. The van der Waals surface area contributed by atoms with Gasteiger partial charge >= 0.3 is 5.97 Å². The van der Waals surface area contributed by atoms with E-state index < -0.39 is 11.9 Å². The number of amides is 1. The number of ether oxygens (including phenoxy) is 1. The van der Waals surface area contributed by atoms with Crippen molar-refractivity contribution in [1.29, 1.82) is 0 Å². The Morgan fingerprint density at radius 3 is 2.54 bits per heavy atom. The third-order valence-electron chi connectivity index (χ3n) is 3.10. The number of halogens is 3. The maximum absolute atomic E-state index is 11.9. The van der Waals surface area contributed by atoms with Crippen LogP contribution in [0.15, 0.2) is 40.9 Å². The number of hydrogen-bond donors (Lipinski definition) is 1. The van der Waals surface area contributed by atoms with E-state index in [1.807, 2.05) is 19.1 Å². The Labute approximate surface area is 158 Å². The third-order valence-corrected chi connectivity index (χ3v) is 4.49. The van der Waals surface area contributed by atoms with Crippen molar-refractivity contribution in [1.82, 2.24) is 0 Å². The van der Waals surface area contributed by atoms with Crippen molar-refractivity contribution in [2.75, 3.05) is 11.9 Å². The van der Waals surface area contributed by atoms with E-state index in [9.17, 15) is 9.59 Å². The predicted octanol–water partition coefficient (Wildman–Crippen LogP) is 4.79. The van der Waals surface area contributed by atoms with Crippen molar-refractivity contribution in [2.24, 2.45) is 0 Å². The van der Waals surface area contributed by atoms with Gasteiger partial charge in [-0.3, -0.25) is 9.59 Å². The molecule has 0 heterocycles. The lowest BCUT2D eigenvalue weighted by Crippen LogP contribution is -2.21. The Morgan fingerprint density at radius 2 is 1.88 bits per heavy atom. The van der Waals surface area contributed by atoms with Gasteiger partial charge in [-0.1, -0.05) is 35.3 Å². The van der Waals surface area contributed by atoms with Gasteiger partial charge in [0.05, 0.1) is 22.2 Å². The molecule has 0 saturated carbocycles. The summed E-state index contributed by atoms with van der Waals surface area (Å²) >= 11 is 15.1. The molecule has 0 aliphatic carbocycles. The van der Waals surface area contributed by atoms with Crippen LogP contribution in [0.25, 0.3) is 0 Å². The molecule has 7 heteroatoms. The molecule has 1 N–H and O–H groups in total. The summed E-state index contributed by atoms with van der Waals surface area (Å²) in [6.45, 7) is 1.58. The van der Waals surface area contributed by atoms with E-state index in [0.717, 1.165) is 10.0 Å². The molecule has 4 nitrogen and oxygen atoms in total. The first kappa shape index (κ1) is 18.8. The zero-order valence-electron chi connectivity index (χ0n) is 12.7. The Morgan fingerprint density at radius 1 is 1.12 bits per heavy atom. The molecular weight excluding hydrogens is 417 g/mol. The number of carbonyl (C=O) groups is 2. The van der Waals surface area contributed by atoms with Crippen molar-refractivity contribution in [3.63, 3.8) is 0 Å². The number of rotatable bonds is 5. The summed E-state index contributed by atoms with van der Waals surface area (Å²) in [5.41, 5.74) is 2.34. The van der Waals surface area contributed by atoms with Crippen LogP contribution in [-0.2, 0) is 20.7 Å². The van der Waals surface area contributed by atoms with Gasteiger partial charge in [0.1, 0.15) is 0 Å². The van der Waals surface area contributed by atoms with Crippen LogP contribution in [0, 0.1) is 6.92 Å². The summed E-state index contributed by atoms with van der Waals surface area (Å²) in [5, 5.41) is 3.45. The first-order valence-electron chi connectivity index (χ1n) is 7.00. The second-order valence-corrected chi connectivity index (χ2v) is 6.79. The monoisotopic (exact) mass is 429 g/mol. The van der Waals surface area contributed by atoms with Crippen molar-refractivity contribution in [3.8, 4) is 0 Å². The Kier molecular flexibility index (Phi) is 6.66. The van der Waals surface area contributed by atoms with Gasteiger partial charge in [-0.15, -0.1) is 0 Å². The van der Waals surface area contributed by atoms with E-state index in [-0.39, 0.29) is 13.0 Å². The lowest BCUT2D eigenvalue weighted by atomic mass is 10.1. The zero-order valence-corrected chi connectivity index (χ0v) is 15.8. The lowest BCUT2D eigenvalue weighted by Gasteiger charge is -2.09. The van der Waals surface area contributed by atoms with Gasteiger partial charge in [0.15, 0.2) is 6.61 Å². The molecular formula is C17H14BrCl2NO3. The minimum atomic E-state index is -0.522. The highest BCUT2D eigenvalue weighted by Gasteiger charge is 2.11. The normalized spacial score (nSPS) is 10.3. The largest absolute Gasteiger partial charge is 0.455 e. The van der Waals surface area contributed by atoms with Crippen molar-refractivity contribution in [3.05, 3.63) is 62.0 Å². The standard InChI is InChI=1S/C17H14BrCl2NO3/c1-10-2-5-15(12(18)6-10)21-16(22)9-24-17(23)8-11-3-4-13(19)14(20)7-11/h2-7H,8-9H2,1H3,(H,21,22). The predicted molar refractivity (Wildman–Crippen MR) is 98.6 cm³/mol. The number of hydrogen-bond acceptors (Lipinski definition) is 3. The number of carbonyl (C=O) groups excluding carboxylic acids is 2. The number of benzene rings is 2. The second-order valence-electron chi connectivity index (χ2n) is 5.12. The van der Waals surface area contributed by atoms with E-state index >= 15 is 0 Å². The summed E-state index contributed by atoms with van der Waals surface area (Å²) < 4.78 is 5.73. The highest BCUT2D eigenvalue weighted by atomic mass is 79.9. The summed E-state index contributed by atoms with van der Waals surface area (Å²) in [6, 6.07) is 10.4. The number of anilines is 1. The van der Waals surface area contributed by atoms with Crippen LogP contribution in [0.1, 0.15) is 11.1 Å². The SMILES string of the molecule is Cc1ccc(NC(=O)COC(=O)Cc2ccc(Cl)c(Cl)c2)c(Br)c1. The van der Waals surface area contributed by atoms with Crippen molar-refractivity contribution >= 4 is 56.7 Å². The molecule has 0 aliphatic rings. The van der Waals surface area contributed by atoms with Crippen LogP contribution < -0.4 is 5.32 Å². The molecule has 0 bridgehead atoms. The molecule has 0 atom stereocenters. The van der Waals surface area contributed by atoms with Crippen LogP contribution in [0.4, 0.5) is 5.69 Å². The summed E-state index contributed by atoms with van der Waals surface area (Å²) in [4.78, 5) is 23.6. The van der Waals surface area contributed by atoms with Gasteiger partial charge in [0.25, 0.3) is 5.91 Å². The molecule has 126 valence electrons. The lowest BCUT2D eigenvalue weighted by molar-refractivity contribution is -0.146. The minimum Gasteiger partial charge on any atom is -0.455 e. The molecule has 0 radical (unpaired) electrons. The van der Waals surface area contributed by atoms with Gasteiger partial charge in [0, 0.05) is 4.47 Å². The fraction of sp³-hybridized carbons (Fsp3) is 0.176. The molecule has 0 saturated heterocycles. The highest BCUT2D eigenvalue weighted by Crippen LogP contribution is 2.24. The van der Waals surface area contributed by atoms with E-state index in [1.54, 1.807) is 24.3 Å². The van der Waals surface area contributed by atoms with Crippen LogP contribution in [-0.4, -0.2) is 18.5 Å². The van der Waals surface area contributed by atoms with Crippen LogP contribution in [0.3, 0.4) is 0 Å². The third kappa shape index (κ3) is 5.51. The first-order valence-corrected chi connectivity index (χ1v) is 8.55. The summed E-state index contributed by atoms with van der Waals surface area (Å²) in [5.74, 6) is -0.937. The smallest absolute Gasteiger partial charge is 0.310 e. The minimum absolute atomic E-state index is 0.0123. The van der Waals surface area contributed by atoms with Crippen molar-refractivity contribution < 1.29 is 14.3 Å². The number of aryl methyl sites for hydroxylation is 1. The average molecular weight is 431 g/mol. The average Bonchev–Trinajstić information content (AvgIpc) is 2.52. The molecule has 0 fully saturated rings. The number of nitrogens with one attached hydrogen (secondary N) is 1. The van der Waals surface area contributed by atoms with Crippen LogP contribution >= 0.6 is 39.1 Å². The van der Waals surface area contributed by atoms with E-state index in [4.69, 9.17) is 27.9 Å².